The third-order valence-corrected chi connectivity index (χ3v) is 8.92. The average Bonchev–Trinajstić information content (AvgIpc) is 3.51. The first-order valence-corrected chi connectivity index (χ1v) is 15.3. The summed E-state index contributed by atoms with van der Waals surface area (Å²) in [6.45, 7) is 4.83. The largest absolute Gasteiger partial charge is 1.00 e. The highest BCUT2D eigenvalue weighted by atomic mass is 79.9. The highest BCUT2D eigenvalue weighted by Crippen LogP contribution is 2.48. The molecule has 210 valence electrons. The number of carbonyl (C=O) groups is 2. The Bertz CT molecular complexity index is 628. The van der Waals surface area contributed by atoms with Crippen LogP contribution in [-0.2, 0) is 14.3 Å². The molecule has 0 saturated carbocycles. The van der Waals surface area contributed by atoms with Crippen molar-refractivity contribution >= 4 is 11.8 Å². The number of likely N-dealkylation sites (N-methyl/N-ethyl adjacent to an activating group) is 1. The van der Waals surface area contributed by atoms with Gasteiger partial charge in [0.15, 0.2) is 0 Å². The van der Waals surface area contributed by atoms with E-state index in [9.17, 15) is 9.59 Å². The third-order valence-electron chi connectivity index (χ3n) is 8.92. The number of hydrogen-bond acceptors (Lipinski definition) is 3. The molecule has 0 aliphatic carbocycles. The summed E-state index contributed by atoms with van der Waals surface area (Å²) in [4.78, 5) is 27.2. The highest BCUT2D eigenvalue weighted by Gasteiger charge is 2.62. The minimum atomic E-state index is -0.183. The number of fused-ring (bicyclic) bond motifs is 5. The Morgan fingerprint density at radius 1 is 0.667 bits per heavy atom. The van der Waals surface area contributed by atoms with E-state index in [2.05, 4.69) is 21.0 Å². The summed E-state index contributed by atoms with van der Waals surface area (Å²) < 4.78 is 6.73. The molecule has 4 atom stereocenters. The van der Waals surface area contributed by atoms with Gasteiger partial charge in [-0.2, -0.15) is 0 Å². The van der Waals surface area contributed by atoms with Crippen LogP contribution < -0.4 is 17.0 Å². The molecule has 0 aromatic rings. The predicted octanol–water partition coefficient (Wildman–Crippen LogP) is 3.49. The number of likely N-dealkylation sites (tertiary alicyclic amines) is 1. The second kappa shape index (κ2) is 16.5. The minimum Gasteiger partial charge on any atom is -1.00 e. The van der Waals surface area contributed by atoms with Crippen molar-refractivity contribution in [1.82, 2.24) is 4.90 Å². The maximum Gasteiger partial charge on any atom is 0.236 e. The van der Waals surface area contributed by atoms with E-state index in [1.54, 1.807) is 4.90 Å². The van der Waals surface area contributed by atoms with Gasteiger partial charge in [-0.05, 0) is 25.7 Å². The van der Waals surface area contributed by atoms with Crippen LogP contribution in [0.5, 0.6) is 0 Å². The summed E-state index contributed by atoms with van der Waals surface area (Å²) in [6, 6.07) is 0. The fraction of sp³-hybridized carbons (Fsp3) is 0.933. The Morgan fingerprint density at radius 2 is 1.06 bits per heavy atom. The summed E-state index contributed by atoms with van der Waals surface area (Å²) in [6.07, 6.45) is 24.2. The Kier molecular flexibility index (Phi) is 14.5. The van der Waals surface area contributed by atoms with E-state index in [-0.39, 0.29) is 52.8 Å². The molecule has 3 aliphatic heterocycles. The van der Waals surface area contributed by atoms with Crippen molar-refractivity contribution < 1.29 is 35.8 Å². The molecular weight excluding hydrogens is 516 g/mol. The lowest BCUT2D eigenvalue weighted by molar-refractivity contribution is -0.889. The normalized spacial score (nSPS) is 25.0. The number of rotatable bonds is 20. The van der Waals surface area contributed by atoms with Crippen LogP contribution in [-0.4, -0.2) is 67.1 Å². The molecule has 0 aromatic carbocycles. The van der Waals surface area contributed by atoms with Gasteiger partial charge in [0.1, 0.15) is 0 Å². The molecule has 3 aliphatic rings. The van der Waals surface area contributed by atoms with Crippen LogP contribution in [0.3, 0.4) is 0 Å². The van der Waals surface area contributed by atoms with E-state index < -0.39 is 0 Å². The molecule has 36 heavy (non-hydrogen) atoms. The topological polar surface area (TPSA) is 46.6 Å². The third kappa shape index (κ3) is 9.38. The van der Waals surface area contributed by atoms with Gasteiger partial charge in [-0.25, -0.2) is 0 Å². The van der Waals surface area contributed by atoms with Gasteiger partial charge < -0.3 is 26.2 Å². The molecule has 0 radical (unpaired) electrons. The quantitative estimate of drug-likeness (QED) is 0.128. The zero-order chi connectivity index (χ0) is 25.1. The fourth-order valence-corrected chi connectivity index (χ4v) is 6.56. The number of quaternary nitrogens is 1. The van der Waals surface area contributed by atoms with Gasteiger partial charge >= 0.3 is 0 Å². The number of unbranched alkanes of at least 4 members (excludes halogenated alkanes) is 15. The number of ether oxygens (including phenoxy) is 1. The van der Waals surface area contributed by atoms with Gasteiger partial charge in [0.25, 0.3) is 0 Å². The first-order valence-electron chi connectivity index (χ1n) is 15.3. The molecule has 0 aromatic heterocycles. The van der Waals surface area contributed by atoms with Crippen LogP contribution in [0.25, 0.3) is 0 Å². The number of imide groups is 1. The van der Waals surface area contributed by atoms with Crippen LogP contribution in [0, 0.1) is 11.8 Å². The van der Waals surface area contributed by atoms with Gasteiger partial charge in [0.05, 0.1) is 57.8 Å². The fourth-order valence-electron chi connectivity index (χ4n) is 6.56. The van der Waals surface area contributed by atoms with E-state index in [4.69, 9.17) is 4.74 Å². The van der Waals surface area contributed by atoms with Crippen LogP contribution in [0.1, 0.15) is 122 Å². The summed E-state index contributed by atoms with van der Waals surface area (Å²) in [5, 5.41) is 0. The molecule has 6 heteroatoms. The number of halogens is 1. The van der Waals surface area contributed by atoms with E-state index in [0.717, 1.165) is 30.4 Å². The van der Waals surface area contributed by atoms with Crippen LogP contribution >= 0.6 is 0 Å². The molecule has 2 bridgehead atoms. The minimum absolute atomic E-state index is 0. The number of carbonyl (C=O) groups excluding carboxylic acids is 2. The number of amides is 2. The molecule has 3 rings (SSSR count). The maximum atomic E-state index is 12.8. The van der Waals surface area contributed by atoms with Crippen LogP contribution in [0.4, 0.5) is 0 Å². The molecule has 0 unspecified atom stereocenters. The Morgan fingerprint density at radius 3 is 1.47 bits per heavy atom. The van der Waals surface area contributed by atoms with Crippen LogP contribution in [0.2, 0.25) is 0 Å². The van der Waals surface area contributed by atoms with Crippen molar-refractivity contribution in [3.63, 3.8) is 0 Å². The van der Waals surface area contributed by atoms with Crippen molar-refractivity contribution in [2.45, 2.75) is 135 Å². The zero-order valence-electron chi connectivity index (χ0n) is 23.7. The SMILES string of the molecule is CCCCCCCCCCCCCCCCCC[N+](C)(C)CCN1C(=O)[C@@H]2[C@H](C1=O)[C@H]1CC[C@@H]2O1.[Br-]. The van der Waals surface area contributed by atoms with Crippen molar-refractivity contribution in [3.8, 4) is 0 Å². The summed E-state index contributed by atoms with van der Waals surface area (Å²) in [5.41, 5.74) is 0. The predicted molar refractivity (Wildman–Crippen MR) is 143 cm³/mol. The Balaban J connectivity index is 0.00000456. The standard InChI is InChI=1S/C30H55N2O3.BrH/c1-4-5-6-7-8-9-10-11-12-13-14-15-16-17-18-19-23-32(2,3)24-22-31-29(33)27-25-20-21-26(35-25)28(27)30(31)34;/h25-28H,4-24H2,1-3H3;1H/q+1;/p-1/t25-,26+,27-,28+;. The molecular formula is C30H55BrN2O3. The first-order chi connectivity index (χ1) is 16.9. The smallest absolute Gasteiger partial charge is 0.236 e. The molecule has 5 nitrogen and oxygen atoms in total. The van der Waals surface area contributed by atoms with Crippen LogP contribution in [0.15, 0.2) is 0 Å². The Hall–Kier alpha value is -0.460. The second-order valence-corrected chi connectivity index (χ2v) is 12.4. The van der Waals surface area contributed by atoms with E-state index in [0.29, 0.717) is 6.54 Å². The summed E-state index contributed by atoms with van der Waals surface area (Å²) >= 11 is 0. The highest BCUT2D eigenvalue weighted by molar-refractivity contribution is 6.06. The lowest BCUT2D eigenvalue weighted by atomic mass is 9.81. The first kappa shape index (κ1) is 31.8. The van der Waals surface area contributed by atoms with Gasteiger partial charge in [-0.3, -0.25) is 14.5 Å². The summed E-state index contributed by atoms with van der Waals surface area (Å²) in [7, 11) is 4.48. The molecule has 0 spiro atoms. The van der Waals surface area contributed by atoms with Gasteiger partial charge in [-0.15, -0.1) is 0 Å². The van der Waals surface area contributed by atoms with Crippen molar-refractivity contribution in [2.24, 2.45) is 11.8 Å². The summed E-state index contributed by atoms with van der Waals surface area (Å²) in [5.74, 6) is -0.293. The lowest BCUT2D eigenvalue weighted by Gasteiger charge is -2.31. The number of hydrogen-bond donors (Lipinski definition) is 0. The van der Waals surface area contributed by atoms with Gasteiger partial charge in [-0.1, -0.05) is 96.8 Å². The van der Waals surface area contributed by atoms with Crippen molar-refractivity contribution in [1.29, 1.82) is 0 Å². The maximum absolute atomic E-state index is 12.8. The van der Waals surface area contributed by atoms with E-state index in [1.807, 2.05) is 0 Å². The molecule has 3 saturated heterocycles. The van der Waals surface area contributed by atoms with Crippen molar-refractivity contribution in [3.05, 3.63) is 0 Å². The second-order valence-electron chi connectivity index (χ2n) is 12.4. The number of nitrogens with zero attached hydrogens (tertiary/aromatic N) is 2. The van der Waals surface area contributed by atoms with Gasteiger partial charge in [0, 0.05) is 0 Å². The van der Waals surface area contributed by atoms with E-state index in [1.165, 1.54) is 103 Å². The molecule has 0 N–H and O–H groups in total. The van der Waals surface area contributed by atoms with E-state index >= 15 is 0 Å². The van der Waals surface area contributed by atoms with Gasteiger partial charge in [0.2, 0.25) is 11.8 Å². The zero-order valence-corrected chi connectivity index (χ0v) is 25.2. The molecule has 3 heterocycles. The monoisotopic (exact) mass is 570 g/mol. The molecule has 2 amide bonds. The lowest BCUT2D eigenvalue weighted by Crippen LogP contribution is -3.00. The molecule has 3 fully saturated rings. The van der Waals surface area contributed by atoms with Crippen molar-refractivity contribution in [2.75, 3.05) is 33.7 Å². The average molecular weight is 572 g/mol. The Labute approximate surface area is 232 Å².